The molecule has 0 rings (SSSR count). The van der Waals surface area contributed by atoms with Crippen LogP contribution in [0.4, 0.5) is 0 Å². The molecule has 0 aliphatic rings. The van der Waals surface area contributed by atoms with Gasteiger partial charge in [-0.25, -0.2) is 0 Å². The van der Waals surface area contributed by atoms with E-state index in [1.807, 2.05) is 0 Å². The van der Waals surface area contributed by atoms with Crippen molar-refractivity contribution in [2.45, 2.75) is 8.12 Å². The molecule has 6 heteroatoms. The Labute approximate surface area is 91.1 Å². The number of alkyl halides is 3. The average molecular weight is 357 g/mol. The summed E-state index contributed by atoms with van der Waals surface area (Å²) < 4.78 is 14.3. The molecule has 0 radical (unpaired) electrons. The SMILES string of the molecule is COC(OC)(OC)C(Br)(Br)Br. The van der Waals surface area contributed by atoms with Crippen LogP contribution in [0, 0.1) is 0 Å². The molecule has 0 heterocycles. The molecule has 3 nitrogen and oxygen atoms in total. The summed E-state index contributed by atoms with van der Waals surface area (Å²) in [6, 6.07) is 0. The van der Waals surface area contributed by atoms with Crippen molar-refractivity contribution in [3.8, 4) is 0 Å². The fraction of sp³-hybridized carbons (Fsp3) is 1.00. The topological polar surface area (TPSA) is 27.7 Å². The molecule has 11 heavy (non-hydrogen) atoms. The molecule has 0 unspecified atom stereocenters. The fourth-order valence-corrected chi connectivity index (χ4v) is 2.05. The highest BCUT2D eigenvalue weighted by Crippen LogP contribution is 2.46. The van der Waals surface area contributed by atoms with E-state index >= 15 is 0 Å². The molecular weight excluding hydrogens is 348 g/mol. The van der Waals surface area contributed by atoms with Crippen molar-refractivity contribution in [3.05, 3.63) is 0 Å². The Balaban J connectivity index is 4.54. The zero-order chi connectivity index (χ0) is 9.12. The molecular formula is C5H9Br3O3. The third-order valence-electron chi connectivity index (χ3n) is 1.15. The van der Waals surface area contributed by atoms with Crippen LogP contribution in [0.2, 0.25) is 0 Å². The Morgan fingerprint density at radius 2 is 1.09 bits per heavy atom. The highest BCUT2D eigenvalue weighted by molar-refractivity contribution is 9.39. The van der Waals surface area contributed by atoms with Crippen LogP contribution < -0.4 is 0 Å². The number of methoxy groups -OCH3 is 3. The average Bonchev–Trinajstić information content (AvgIpc) is 1.90. The van der Waals surface area contributed by atoms with Gasteiger partial charge in [-0.3, -0.25) is 0 Å². The largest absolute Gasteiger partial charge is 0.328 e. The second-order valence-electron chi connectivity index (χ2n) is 1.67. The molecule has 0 spiro atoms. The van der Waals surface area contributed by atoms with Crippen LogP contribution in [0.25, 0.3) is 0 Å². The second kappa shape index (κ2) is 4.53. The van der Waals surface area contributed by atoms with Gasteiger partial charge in [-0.2, -0.15) is 0 Å². The van der Waals surface area contributed by atoms with Gasteiger partial charge < -0.3 is 14.2 Å². The minimum absolute atomic E-state index is 0.766. The van der Waals surface area contributed by atoms with E-state index in [4.69, 9.17) is 14.2 Å². The standard InChI is InChI=1S/C5H9Br3O3/c1-9-5(10-2,11-3)4(6,7)8/h1-3H3. The van der Waals surface area contributed by atoms with E-state index in [1.165, 1.54) is 21.3 Å². The first-order valence-electron chi connectivity index (χ1n) is 2.65. The van der Waals surface area contributed by atoms with Crippen molar-refractivity contribution in [3.63, 3.8) is 0 Å². The summed E-state index contributed by atoms with van der Waals surface area (Å²) >= 11 is 9.72. The summed E-state index contributed by atoms with van der Waals surface area (Å²) in [5.41, 5.74) is 0. The van der Waals surface area contributed by atoms with Gasteiger partial charge in [0, 0.05) is 21.3 Å². The molecule has 0 aromatic rings. The molecule has 0 fully saturated rings. The maximum absolute atomic E-state index is 5.02. The summed E-state index contributed by atoms with van der Waals surface area (Å²) in [4.78, 5) is 0. The number of ether oxygens (including phenoxy) is 3. The van der Waals surface area contributed by atoms with E-state index in [0.29, 0.717) is 0 Å². The number of halogens is 3. The number of rotatable bonds is 3. The van der Waals surface area contributed by atoms with Crippen molar-refractivity contribution in [2.75, 3.05) is 21.3 Å². The van der Waals surface area contributed by atoms with E-state index in [0.717, 1.165) is 0 Å². The lowest BCUT2D eigenvalue weighted by molar-refractivity contribution is -0.343. The van der Waals surface area contributed by atoms with E-state index in [-0.39, 0.29) is 0 Å². The Bertz CT molecular complexity index is 110. The van der Waals surface area contributed by atoms with Gasteiger partial charge in [0.1, 0.15) is 0 Å². The maximum Gasteiger partial charge on any atom is 0.319 e. The lowest BCUT2D eigenvalue weighted by Gasteiger charge is -2.35. The fourth-order valence-electron chi connectivity index (χ4n) is 0.597. The van der Waals surface area contributed by atoms with E-state index in [2.05, 4.69) is 47.8 Å². The van der Waals surface area contributed by atoms with Crippen LogP contribution in [0.3, 0.4) is 0 Å². The normalized spacial score (nSPS) is 13.6. The minimum atomic E-state index is -1.19. The molecule has 0 aromatic heterocycles. The molecule has 0 N–H and O–H groups in total. The molecule has 0 aliphatic carbocycles. The smallest absolute Gasteiger partial charge is 0.319 e. The van der Waals surface area contributed by atoms with Crippen LogP contribution in [0.1, 0.15) is 0 Å². The van der Waals surface area contributed by atoms with Gasteiger partial charge in [0.2, 0.25) is 2.14 Å². The first-order valence-corrected chi connectivity index (χ1v) is 5.03. The van der Waals surface area contributed by atoms with Crippen LogP contribution in [0.5, 0.6) is 0 Å². The predicted octanol–water partition coefficient (Wildman–Crippen LogP) is 2.42. The van der Waals surface area contributed by atoms with Gasteiger partial charge in [0.05, 0.1) is 0 Å². The molecule has 0 saturated carbocycles. The monoisotopic (exact) mass is 354 g/mol. The van der Waals surface area contributed by atoms with Crippen molar-refractivity contribution < 1.29 is 14.2 Å². The van der Waals surface area contributed by atoms with E-state index < -0.39 is 8.12 Å². The Kier molecular flexibility index (Phi) is 5.07. The van der Waals surface area contributed by atoms with Gasteiger partial charge in [0.25, 0.3) is 0 Å². The Morgan fingerprint density at radius 1 is 0.818 bits per heavy atom. The van der Waals surface area contributed by atoms with Gasteiger partial charge in [-0.15, -0.1) is 0 Å². The van der Waals surface area contributed by atoms with Gasteiger partial charge in [-0.1, -0.05) is 47.8 Å². The number of hydrogen-bond donors (Lipinski definition) is 0. The molecule has 0 bridgehead atoms. The summed E-state index contributed by atoms with van der Waals surface area (Å²) in [6.45, 7) is 0. The summed E-state index contributed by atoms with van der Waals surface area (Å²) in [5.74, 6) is -1.19. The zero-order valence-electron chi connectivity index (χ0n) is 6.36. The van der Waals surface area contributed by atoms with Gasteiger partial charge in [-0.05, 0) is 0 Å². The first kappa shape index (κ1) is 12.3. The number of hydrogen-bond acceptors (Lipinski definition) is 3. The second-order valence-corrected chi connectivity index (χ2v) is 8.43. The van der Waals surface area contributed by atoms with Gasteiger partial charge in [0.15, 0.2) is 0 Å². The van der Waals surface area contributed by atoms with E-state index in [9.17, 15) is 0 Å². The van der Waals surface area contributed by atoms with Gasteiger partial charge >= 0.3 is 5.97 Å². The third-order valence-corrected chi connectivity index (χ3v) is 2.61. The summed E-state index contributed by atoms with van der Waals surface area (Å²) in [7, 11) is 4.43. The Morgan fingerprint density at radius 3 is 1.09 bits per heavy atom. The maximum atomic E-state index is 5.02. The lowest BCUT2D eigenvalue weighted by atomic mass is 10.6. The lowest BCUT2D eigenvalue weighted by Crippen LogP contribution is -2.47. The van der Waals surface area contributed by atoms with Crippen LogP contribution >= 0.6 is 47.8 Å². The quantitative estimate of drug-likeness (QED) is 0.574. The minimum Gasteiger partial charge on any atom is -0.328 e. The first-order chi connectivity index (χ1) is 4.93. The highest BCUT2D eigenvalue weighted by atomic mass is 80.0. The Hall–Kier alpha value is 1.32. The zero-order valence-corrected chi connectivity index (χ0v) is 11.1. The molecule has 0 amide bonds. The summed E-state index contributed by atoms with van der Waals surface area (Å²) in [6.07, 6.45) is 0. The van der Waals surface area contributed by atoms with Crippen LogP contribution in [0.15, 0.2) is 0 Å². The van der Waals surface area contributed by atoms with Crippen LogP contribution in [-0.2, 0) is 14.2 Å². The molecule has 0 saturated heterocycles. The summed E-state index contributed by atoms with van der Waals surface area (Å²) in [5, 5.41) is 0. The van der Waals surface area contributed by atoms with Crippen molar-refractivity contribution >= 4 is 47.8 Å². The third kappa shape index (κ3) is 2.63. The van der Waals surface area contributed by atoms with Crippen molar-refractivity contribution in [1.29, 1.82) is 0 Å². The van der Waals surface area contributed by atoms with Crippen LogP contribution in [-0.4, -0.2) is 29.4 Å². The molecule has 0 aliphatic heterocycles. The van der Waals surface area contributed by atoms with Crippen molar-refractivity contribution in [1.82, 2.24) is 0 Å². The van der Waals surface area contributed by atoms with Crippen molar-refractivity contribution in [2.24, 2.45) is 0 Å². The molecule has 0 atom stereocenters. The molecule has 0 aromatic carbocycles. The highest BCUT2D eigenvalue weighted by Gasteiger charge is 2.49. The molecule has 68 valence electrons. The predicted molar refractivity (Wildman–Crippen MR) is 53.3 cm³/mol. The van der Waals surface area contributed by atoms with E-state index in [1.54, 1.807) is 0 Å².